The Labute approximate surface area is 107 Å². The van der Waals surface area contributed by atoms with Crippen molar-refractivity contribution in [2.75, 3.05) is 5.73 Å². The molecule has 0 saturated carbocycles. The normalized spacial score (nSPS) is 10.8. The Balaban J connectivity index is 2.44. The first-order valence-electron chi connectivity index (χ1n) is 6.14. The summed E-state index contributed by atoms with van der Waals surface area (Å²) >= 11 is 0. The summed E-state index contributed by atoms with van der Waals surface area (Å²) in [5.41, 5.74) is 9.31. The summed E-state index contributed by atoms with van der Waals surface area (Å²) in [5, 5.41) is 0. The van der Waals surface area contributed by atoms with Crippen molar-refractivity contribution in [1.82, 2.24) is 9.36 Å². The maximum atomic E-state index is 12.1. The molecule has 2 rings (SSSR count). The first-order valence-corrected chi connectivity index (χ1v) is 6.14. The fourth-order valence-electron chi connectivity index (χ4n) is 2.30. The molecule has 0 aliphatic heterocycles. The van der Waals surface area contributed by atoms with Gasteiger partial charge in [-0.05, 0) is 18.9 Å². The summed E-state index contributed by atoms with van der Waals surface area (Å²) in [5.74, 6) is 0. The van der Waals surface area contributed by atoms with E-state index in [-0.39, 0.29) is 5.56 Å². The Hall–Kier alpha value is -1.97. The van der Waals surface area contributed by atoms with E-state index in [1.807, 2.05) is 43.8 Å². The first-order chi connectivity index (χ1) is 8.54. The van der Waals surface area contributed by atoms with Crippen LogP contribution in [-0.4, -0.2) is 9.36 Å². The summed E-state index contributed by atoms with van der Waals surface area (Å²) in [6.07, 6.45) is 0.762. The van der Waals surface area contributed by atoms with Crippen LogP contribution in [0, 0.1) is 6.92 Å². The summed E-state index contributed by atoms with van der Waals surface area (Å²) in [7, 11) is 1.88. The number of nitrogen functional groups attached to an aromatic ring is 1. The predicted octanol–water partition coefficient (Wildman–Crippen LogP) is 1.69. The number of nitrogens with zero attached hydrogens (tertiary/aromatic N) is 2. The number of nitrogens with two attached hydrogens (primary N) is 1. The van der Waals surface area contributed by atoms with E-state index >= 15 is 0 Å². The molecule has 0 aliphatic rings. The predicted molar refractivity (Wildman–Crippen MR) is 73.7 cm³/mol. The van der Waals surface area contributed by atoms with Crippen molar-refractivity contribution < 1.29 is 0 Å². The number of benzene rings is 1. The lowest BCUT2D eigenvalue weighted by Gasteiger charge is -2.09. The van der Waals surface area contributed by atoms with Crippen LogP contribution in [0.15, 0.2) is 29.1 Å². The Morgan fingerprint density at radius 3 is 2.61 bits per heavy atom. The molecule has 4 heteroatoms. The van der Waals surface area contributed by atoms with Crippen LogP contribution in [0.3, 0.4) is 0 Å². The molecule has 2 aromatic rings. The lowest BCUT2D eigenvalue weighted by atomic mass is 10.1. The van der Waals surface area contributed by atoms with E-state index in [0.717, 1.165) is 17.7 Å². The quantitative estimate of drug-likeness (QED) is 0.894. The smallest absolute Gasteiger partial charge is 0.290 e. The Morgan fingerprint density at radius 2 is 2.06 bits per heavy atom. The van der Waals surface area contributed by atoms with E-state index in [4.69, 9.17) is 5.73 Å². The van der Waals surface area contributed by atoms with Gasteiger partial charge >= 0.3 is 0 Å². The third-order valence-electron chi connectivity index (χ3n) is 3.28. The second kappa shape index (κ2) is 4.72. The van der Waals surface area contributed by atoms with Crippen LogP contribution in [-0.2, 0) is 20.0 Å². The van der Waals surface area contributed by atoms with E-state index in [1.165, 1.54) is 5.56 Å². The third kappa shape index (κ3) is 2.06. The van der Waals surface area contributed by atoms with Crippen molar-refractivity contribution in [3.05, 3.63) is 51.4 Å². The lowest BCUT2D eigenvalue weighted by molar-refractivity contribution is 0.519. The van der Waals surface area contributed by atoms with Crippen molar-refractivity contribution >= 4 is 5.69 Å². The molecule has 96 valence electrons. The largest absolute Gasteiger partial charge is 0.393 e. The lowest BCUT2D eigenvalue weighted by Crippen LogP contribution is -2.23. The average molecular weight is 245 g/mol. The number of rotatable bonds is 3. The summed E-state index contributed by atoms with van der Waals surface area (Å²) in [4.78, 5) is 12.1. The van der Waals surface area contributed by atoms with Crippen molar-refractivity contribution in [3.63, 3.8) is 0 Å². The molecule has 1 aromatic carbocycles. The zero-order valence-corrected chi connectivity index (χ0v) is 11.1. The first kappa shape index (κ1) is 12.5. The SMILES string of the molecule is CCc1c(N)c(=O)n(Cc2cccc(C)c2)n1C. The van der Waals surface area contributed by atoms with Gasteiger partial charge in [0.25, 0.3) is 5.56 Å². The fraction of sp³-hybridized carbons (Fsp3) is 0.357. The molecule has 0 amide bonds. The van der Waals surface area contributed by atoms with E-state index in [2.05, 4.69) is 6.07 Å². The molecule has 1 aromatic heterocycles. The maximum Gasteiger partial charge on any atom is 0.290 e. The van der Waals surface area contributed by atoms with Crippen LogP contribution in [0.4, 0.5) is 5.69 Å². The third-order valence-corrected chi connectivity index (χ3v) is 3.28. The minimum Gasteiger partial charge on any atom is -0.393 e. The summed E-state index contributed by atoms with van der Waals surface area (Å²) < 4.78 is 3.54. The zero-order valence-electron chi connectivity index (χ0n) is 11.1. The standard InChI is InChI=1S/C14H19N3O/c1-4-12-13(15)14(18)17(16(12)3)9-11-7-5-6-10(2)8-11/h5-8H,4,9,15H2,1-3H3. The number of anilines is 1. The number of hydrogen-bond donors (Lipinski definition) is 1. The highest BCUT2D eigenvalue weighted by molar-refractivity contribution is 5.41. The van der Waals surface area contributed by atoms with E-state index in [1.54, 1.807) is 4.68 Å². The van der Waals surface area contributed by atoms with Crippen molar-refractivity contribution in [2.24, 2.45) is 7.05 Å². The highest BCUT2D eigenvalue weighted by atomic mass is 16.1. The molecule has 18 heavy (non-hydrogen) atoms. The molecular weight excluding hydrogens is 226 g/mol. The molecule has 4 nitrogen and oxygen atoms in total. The van der Waals surface area contributed by atoms with Gasteiger partial charge in [0.1, 0.15) is 5.69 Å². The molecule has 1 heterocycles. The van der Waals surface area contributed by atoms with E-state index in [9.17, 15) is 4.79 Å². The Kier molecular flexibility index (Phi) is 3.28. The Bertz CT molecular complexity index is 622. The Morgan fingerprint density at radius 1 is 1.33 bits per heavy atom. The minimum atomic E-state index is -0.101. The van der Waals surface area contributed by atoms with Gasteiger partial charge in [0.15, 0.2) is 0 Å². The van der Waals surface area contributed by atoms with E-state index in [0.29, 0.717) is 12.2 Å². The van der Waals surface area contributed by atoms with Crippen molar-refractivity contribution in [2.45, 2.75) is 26.8 Å². The molecule has 0 spiro atoms. The van der Waals surface area contributed by atoms with Gasteiger partial charge in [-0.25, -0.2) is 4.68 Å². The highest BCUT2D eigenvalue weighted by Gasteiger charge is 2.13. The molecule has 0 saturated heterocycles. The van der Waals surface area contributed by atoms with Gasteiger partial charge < -0.3 is 5.73 Å². The monoisotopic (exact) mass is 245 g/mol. The van der Waals surface area contributed by atoms with Gasteiger partial charge in [-0.15, -0.1) is 0 Å². The topological polar surface area (TPSA) is 53.0 Å². The highest BCUT2D eigenvalue weighted by Crippen LogP contribution is 2.10. The summed E-state index contributed by atoms with van der Waals surface area (Å²) in [6, 6.07) is 8.15. The van der Waals surface area contributed by atoms with Crippen LogP contribution in [0.1, 0.15) is 23.7 Å². The van der Waals surface area contributed by atoms with Crippen molar-refractivity contribution in [3.8, 4) is 0 Å². The van der Waals surface area contributed by atoms with E-state index < -0.39 is 0 Å². The zero-order chi connectivity index (χ0) is 13.3. The van der Waals surface area contributed by atoms with Gasteiger partial charge in [0, 0.05) is 7.05 Å². The maximum absolute atomic E-state index is 12.1. The minimum absolute atomic E-state index is 0.101. The van der Waals surface area contributed by atoms with Crippen LogP contribution in [0.2, 0.25) is 0 Å². The van der Waals surface area contributed by atoms with Gasteiger partial charge in [-0.1, -0.05) is 36.8 Å². The average Bonchev–Trinajstić information content (AvgIpc) is 2.53. The second-order valence-corrected chi connectivity index (χ2v) is 4.59. The van der Waals surface area contributed by atoms with Crippen LogP contribution in [0.5, 0.6) is 0 Å². The van der Waals surface area contributed by atoms with Crippen LogP contribution >= 0.6 is 0 Å². The molecule has 0 atom stereocenters. The fourth-order valence-corrected chi connectivity index (χ4v) is 2.30. The van der Waals surface area contributed by atoms with Gasteiger partial charge in [-0.3, -0.25) is 9.48 Å². The molecule has 0 aliphatic carbocycles. The number of aryl methyl sites for hydroxylation is 1. The number of hydrogen-bond acceptors (Lipinski definition) is 2. The van der Waals surface area contributed by atoms with Gasteiger partial charge in [0.05, 0.1) is 12.2 Å². The molecule has 0 unspecified atom stereocenters. The molecule has 0 fully saturated rings. The summed E-state index contributed by atoms with van der Waals surface area (Å²) in [6.45, 7) is 4.60. The van der Waals surface area contributed by atoms with Gasteiger partial charge in [-0.2, -0.15) is 0 Å². The van der Waals surface area contributed by atoms with Gasteiger partial charge in [0.2, 0.25) is 0 Å². The molecule has 0 radical (unpaired) electrons. The second-order valence-electron chi connectivity index (χ2n) is 4.59. The molecule has 2 N–H and O–H groups in total. The number of aromatic nitrogens is 2. The molecule has 0 bridgehead atoms. The van der Waals surface area contributed by atoms with Crippen molar-refractivity contribution in [1.29, 1.82) is 0 Å². The van der Waals surface area contributed by atoms with Crippen LogP contribution in [0.25, 0.3) is 0 Å². The molecular formula is C14H19N3O. The van der Waals surface area contributed by atoms with Crippen LogP contribution < -0.4 is 11.3 Å².